The number of hydrogen-bond donors (Lipinski definition) is 0. The Balaban J connectivity index is 1.26. The molecular formula is C45H28N8. The molecule has 8 nitrogen and oxygen atoms in total. The number of hydrogen-bond acceptors (Lipinski definition) is 5. The fourth-order valence-electron chi connectivity index (χ4n) is 7.72. The van der Waals surface area contributed by atoms with Gasteiger partial charge in [-0.2, -0.15) is 9.97 Å². The lowest BCUT2D eigenvalue weighted by atomic mass is 10.0. The topological polar surface area (TPSA) is 78.7 Å². The van der Waals surface area contributed by atoms with E-state index in [4.69, 9.17) is 24.9 Å². The standard InChI is InChI=1S/C45H28N8/c1-4-15-29(16-5-1)42-48-43(30-17-6-2-7-18-30)50-44(49-42)53-38-26-14-22-32(41(38)52-37-25-13-11-23-35(37)47-45(52)53)34-27-46-28-39-40(34)33-21-10-12-24-36(33)51(39)31-19-8-3-9-20-31/h1-28H. The molecule has 0 aliphatic heterocycles. The van der Waals surface area contributed by atoms with Gasteiger partial charge in [-0.15, -0.1) is 0 Å². The van der Waals surface area contributed by atoms with Crippen molar-refractivity contribution in [2.45, 2.75) is 0 Å². The van der Waals surface area contributed by atoms with Crippen molar-refractivity contribution < 1.29 is 0 Å². The van der Waals surface area contributed by atoms with E-state index in [0.29, 0.717) is 23.4 Å². The molecule has 5 heterocycles. The Morgan fingerprint density at radius 1 is 0.415 bits per heavy atom. The van der Waals surface area contributed by atoms with Gasteiger partial charge in [0.15, 0.2) is 11.6 Å². The molecule has 0 amide bonds. The molecule has 0 spiro atoms. The molecule has 11 aromatic rings. The SMILES string of the molecule is c1ccc(-c2nc(-c3ccccc3)nc(-n3c4cccc(-c5cncc6c5c5ccccc5n6-c5ccccc5)c4n4c5ccccc5nc34)n2)cc1. The number of nitrogens with zero attached hydrogens (tertiary/aromatic N) is 8. The molecule has 0 saturated carbocycles. The number of para-hydroxylation sites is 5. The second-order valence-electron chi connectivity index (χ2n) is 13.0. The number of pyridine rings is 1. The monoisotopic (exact) mass is 680 g/mol. The highest BCUT2D eigenvalue weighted by Gasteiger charge is 2.25. The molecule has 11 rings (SSSR count). The lowest BCUT2D eigenvalue weighted by molar-refractivity contribution is 0.937. The number of fused-ring (bicyclic) bond motifs is 8. The quantitative estimate of drug-likeness (QED) is 0.181. The number of benzene rings is 6. The lowest BCUT2D eigenvalue weighted by Gasteiger charge is -2.11. The van der Waals surface area contributed by atoms with Crippen LogP contribution < -0.4 is 0 Å². The summed E-state index contributed by atoms with van der Waals surface area (Å²) < 4.78 is 6.61. The highest BCUT2D eigenvalue weighted by atomic mass is 15.3. The molecule has 8 heteroatoms. The zero-order valence-corrected chi connectivity index (χ0v) is 28.2. The smallest absolute Gasteiger partial charge is 0.241 e. The Labute approximate surface area is 302 Å². The van der Waals surface area contributed by atoms with E-state index < -0.39 is 0 Å². The normalized spacial score (nSPS) is 11.8. The minimum atomic E-state index is 0.488. The van der Waals surface area contributed by atoms with Crippen LogP contribution >= 0.6 is 0 Å². The molecular weight excluding hydrogens is 653 g/mol. The Morgan fingerprint density at radius 2 is 1.04 bits per heavy atom. The van der Waals surface area contributed by atoms with Crippen LogP contribution in [0, 0.1) is 0 Å². The van der Waals surface area contributed by atoms with Crippen molar-refractivity contribution in [2.24, 2.45) is 0 Å². The van der Waals surface area contributed by atoms with E-state index >= 15 is 0 Å². The van der Waals surface area contributed by atoms with E-state index in [-0.39, 0.29) is 0 Å². The minimum Gasteiger partial charge on any atom is -0.308 e. The summed E-state index contributed by atoms with van der Waals surface area (Å²) in [5, 5.41) is 2.29. The molecule has 0 unspecified atom stereocenters. The predicted molar refractivity (Wildman–Crippen MR) is 211 cm³/mol. The van der Waals surface area contributed by atoms with Crippen LogP contribution in [0.15, 0.2) is 170 Å². The summed E-state index contributed by atoms with van der Waals surface area (Å²) in [5.74, 6) is 2.38. The highest BCUT2D eigenvalue weighted by Crippen LogP contribution is 2.42. The molecule has 0 atom stereocenters. The van der Waals surface area contributed by atoms with Crippen LogP contribution in [0.2, 0.25) is 0 Å². The zero-order valence-electron chi connectivity index (χ0n) is 28.2. The Bertz CT molecular complexity index is 3100. The number of imidazole rings is 2. The number of rotatable bonds is 5. The van der Waals surface area contributed by atoms with Gasteiger partial charge in [0.05, 0.1) is 39.3 Å². The van der Waals surface area contributed by atoms with Crippen LogP contribution in [0.25, 0.3) is 95.2 Å². The minimum absolute atomic E-state index is 0.488. The van der Waals surface area contributed by atoms with Gasteiger partial charge < -0.3 is 4.57 Å². The van der Waals surface area contributed by atoms with Crippen LogP contribution in [-0.2, 0) is 0 Å². The molecule has 248 valence electrons. The van der Waals surface area contributed by atoms with E-state index in [9.17, 15) is 0 Å². The Morgan fingerprint density at radius 3 is 1.77 bits per heavy atom. The van der Waals surface area contributed by atoms with Gasteiger partial charge in [-0.25, -0.2) is 14.5 Å². The molecule has 0 aliphatic rings. The van der Waals surface area contributed by atoms with Crippen molar-refractivity contribution in [3.8, 4) is 45.5 Å². The van der Waals surface area contributed by atoms with Crippen LogP contribution in [-0.4, -0.2) is 38.5 Å². The summed E-state index contributed by atoms with van der Waals surface area (Å²) in [7, 11) is 0. The van der Waals surface area contributed by atoms with Gasteiger partial charge in [-0.3, -0.25) is 9.38 Å². The van der Waals surface area contributed by atoms with Gasteiger partial charge in [0.25, 0.3) is 0 Å². The zero-order chi connectivity index (χ0) is 34.9. The molecule has 53 heavy (non-hydrogen) atoms. The van der Waals surface area contributed by atoms with Crippen LogP contribution in [0.1, 0.15) is 0 Å². The van der Waals surface area contributed by atoms with E-state index in [2.05, 4.69) is 98.5 Å². The molecule has 0 radical (unpaired) electrons. The van der Waals surface area contributed by atoms with Gasteiger partial charge in [0.1, 0.15) is 0 Å². The first-order valence-corrected chi connectivity index (χ1v) is 17.5. The number of aromatic nitrogens is 8. The third-order valence-corrected chi connectivity index (χ3v) is 10.00. The highest BCUT2D eigenvalue weighted by molar-refractivity contribution is 6.17. The average Bonchev–Trinajstić information content (AvgIpc) is 3.88. The molecule has 5 aromatic heterocycles. The fraction of sp³-hybridized carbons (Fsp3) is 0. The molecule has 0 fully saturated rings. The van der Waals surface area contributed by atoms with E-state index in [0.717, 1.165) is 71.8 Å². The third kappa shape index (κ3) is 4.46. The second-order valence-corrected chi connectivity index (χ2v) is 13.0. The largest absolute Gasteiger partial charge is 0.308 e. The Hall–Kier alpha value is -7.45. The lowest BCUT2D eigenvalue weighted by Crippen LogP contribution is -2.07. The first-order valence-electron chi connectivity index (χ1n) is 17.5. The maximum Gasteiger partial charge on any atom is 0.241 e. The van der Waals surface area contributed by atoms with Crippen LogP contribution in [0.4, 0.5) is 0 Å². The third-order valence-electron chi connectivity index (χ3n) is 10.00. The summed E-state index contributed by atoms with van der Waals surface area (Å²) in [6.45, 7) is 0. The molecule has 0 aliphatic carbocycles. The van der Waals surface area contributed by atoms with Gasteiger partial charge in [-0.1, -0.05) is 121 Å². The summed E-state index contributed by atoms with van der Waals surface area (Å²) in [6, 6.07) is 53.8. The second kappa shape index (κ2) is 11.5. The maximum atomic E-state index is 5.23. The summed E-state index contributed by atoms with van der Waals surface area (Å²) in [5.41, 5.74) is 10.9. The van der Waals surface area contributed by atoms with E-state index in [1.54, 1.807) is 0 Å². The van der Waals surface area contributed by atoms with Crippen molar-refractivity contribution in [1.29, 1.82) is 0 Å². The molecule has 0 bridgehead atoms. The summed E-state index contributed by atoms with van der Waals surface area (Å²) in [4.78, 5) is 25.4. The first kappa shape index (κ1) is 29.3. The fourth-order valence-corrected chi connectivity index (χ4v) is 7.72. The van der Waals surface area contributed by atoms with E-state index in [1.165, 1.54) is 0 Å². The van der Waals surface area contributed by atoms with Crippen molar-refractivity contribution in [2.75, 3.05) is 0 Å². The summed E-state index contributed by atoms with van der Waals surface area (Å²) in [6.07, 6.45) is 3.96. The molecule has 0 saturated heterocycles. The van der Waals surface area contributed by atoms with Crippen molar-refractivity contribution in [3.63, 3.8) is 0 Å². The van der Waals surface area contributed by atoms with Gasteiger partial charge in [0.2, 0.25) is 11.7 Å². The van der Waals surface area contributed by atoms with Gasteiger partial charge in [-0.05, 0) is 36.4 Å². The molecule has 6 aromatic carbocycles. The van der Waals surface area contributed by atoms with Gasteiger partial charge >= 0.3 is 0 Å². The van der Waals surface area contributed by atoms with Crippen molar-refractivity contribution in [1.82, 2.24) is 38.5 Å². The van der Waals surface area contributed by atoms with Crippen molar-refractivity contribution >= 4 is 49.7 Å². The van der Waals surface area contributed by atoms with Crippen molar-refractivity contribution in [3.05, 3.63) is 170 Å². The molecule has 0 N–H and O–H groups in total. The predicted octanol–water partition coefficient (Wildman–Crippen LogP) is 10.1. The van der Waals surface area contributed by atoms with Crippen LogP contribution in [0.3, 0.4) is 0 Å². The average molecular weight is 681 g/mol. The maximum absolute atomic E-state index is 5.23. The Kier molecular flexibility index (Phi) is 6.38. The first-order chi connectivity index (χ1) is 26.3. The van der Waals surface area contributed by atoms with E-state index in [1.807, 2.05) is 85.2 Å². The summed E-state index contributed by atoms with van der Waals surface area (Å²) >= 11 is 0. The van der Waals surface area contributed by atoms with Gasteiger partial charge in [0, 0.05) is 44.9 Å². The van der Waals surface area contributed by atoms with Crippen LogP contribution in [0.5, 0.6) is 0 Å².